The van der Waals surface area contributed by atoms with Crippen molar-refractivity contribution in [1.82, 2.24) is 5.43 Å². The first-order chi connectivity index (χ1) is 17.5. The zero-order chi connectivity index (χ0) is 27.0. The number of sulfonamides is 1. The lowest BCUT2D eigenvalue weighted by Gasteiger charge is -2.22. The minimum Gasteiger partial charge on any atom is -0.484 e. The van der Waals surface area contributed by atoms with Crippen LogP contribution in [-0.4, -0.2) is 45.9 Å². The number of hydrogen-bond donors (Lipinski definition) is 2. The largest absolute Gasteiger partial charge is 0.484 e. The second-order valence-electron chi connectivity index (χ2n) is 8.22. The summed E-state index contributed by atoms with van der Waals surface area (Å²) in [4.78, 5) is 24.4. The molecule has 0 radical (unpaired) electrons. The van der Waals surface area contributed by atoms with E-state index in [1.165, 1.54) is 6.21 Å². The molecule has 0 aliphatic carbocycles. The number of hydrogen-bond acceptors (Lipinski definition) is 6. The third-order valence-electron chi connectivity index (χ3n) is 5.27. The molecule has 3 rings (SSSR count). The fraction of sp³-hybridized carbons (Fsp3) is 0.192. The zero-order valence-electron chi connectivity index (χ0n) is 20.6. The number of amides is 2. The van der Waals surface area contributed by atoms with Gasteiger partial charge in [0.2, 0.25) is 10.0 Å². The Hall–Kier alpha value is -3.89. The van der Waals surface area contributed by atoms with Crippen LogP contribution >= 0.6 is 11.6 Å². The van der Waals surface area contributed by atoms with E-state index in [1.54, 1.807) is 66.7 Å². The van der Waals surface area contributed by atoms with Crippen molar-refractivity contribution in [3.63, 3.8) is 0 Å². The summed E-state index contributed by atoms with van der Waals surface area (Å²) in [6, 6.07) is 18.7. The molecule has 0 bridgehead atoms. The molecule has 0 atom stereocenters. The Morgan fingerprint density at radius 3 is 2.35 bits per heavy atom. The number of halogens is 1. The SMILES string of the molecule is Cc1ccc(N(CC(=O)N/N=C\c2ccc(OCC(=O)Nc3ccccc3Cl)cc2)S(C)(=O)=O)cc1C. The van der Waals surface area contributed by atoms with Crippen LogP contribution in [0.4, 0.5) is 11.4 Å². The molecule has 0 fully saturated rings. The predicted octanol–water partition coefficient (Wildman–Crippen LogP) is 3.89. The summed E-state index contributed by atoms with van der Waals surface area (Å²) >= 11 is 6.02. The molecule has 2 N–H and O–H groups in total. The molecule has 3 aromatic carbocycles. The molecule has 0 unspecified atom stereocenters. The maximum absolute atomic E-state index is 12.4. The fourth-order valence-corrected chi connectivity index (χ4v) is 4.20. The number of para-hydroxylation sites is 1. The highest BCUT2D eigenvalue weighted by molar-refractivity contribution is 7.92. The number of anilines is 2. The van der Waals surface area contributed by atoms with E-state index in [2.05, 4.69) is 15.8 Å². The molecular weight excluding hydrogens is 516 g/mol. The lowest BCUT2D eigenvalue weighted by molar-refractivity contribution is -0.119. The van der Waals surface area contributed by atoms with Crippen LogP contribution in [0.25, 0.3) is 0 Å². The van der Waals surface area contributed by atoms with E-state index in [4.69, 9.17) is 16.3 Å². The molecule has 0 heterocycles. The van der Waals surface area contributed by atoms with Crippen molar-refractivity contribution in [2.45, 2.75) is 13.8 Å². The lowest BCUT2D eigenvalue weighted by Crippen LogP contribution is -2.39. The number of carbonyl (C=O) groups is 2. The minimum absolute atomic E-state index is 0.202. The van der Waals surface area contributed by atoms with E-state index in [0.29, 0.717) is 27.7 Å². The van der Waals surface area contributed by atoms with Crippen molar-refractivity contribution in [2.24, 2.45) is 5.10 Å². The predicted molar refractivity (Wildman–Crippen MR) is 146 cm³/mol. The standard InChI is InChI=1S/C26H27ClN4O5S/c1-18-8-11-21(14-19(18)2)31(37(3,34)35)16-25(32)30-28-15-20-9-12-22(13-10-20)36-17-26(33)29-24-7-5-4-6-23(24)27/h4-15H,16-17H2,1-3H3,(H,29,33)(H,30,32)/b28-15-. The highest BCUT2D eigenvalue weighted by atomic mass is 35.5. The first-order valence-corrected chi connectivity index (χ1v) is 13.4. The Morgan fingerprint density at radius 2 is 1.70 bits per heavy atom. The normalized spacial score (nSPS) is 11.2. The summed E-state index contributed by atoms with van der Waals surface area (Å²) in [5.74, 6) is -0.484. The van der Waals surface area contributed by atoms with Crippen molar-refractivity contribution in [1.29, 1.82) is 0 Å². The van der Waals surface area contributed by atoms with Crippen LogP contribution in [-0.2, 0) is 19.6 Å². The van der Waals surface area contributed by atoms with E-state index in [0.717, 1.165) is 21.7 Å². The van der Waals surface area contributed by atoms with Gasteiger partial charge in [0.15, 0.2) is 6.61 Å². The molecule has 194 valence electrons. The number of nitrogens with zero attached hydrogens (tertiary/aromatic N) is 2. The van der Waals surface area contributed by atoms with Gasteiger partial charge in [-0.1, -0.05) is 29.8 Å². The maximum atomic E-state index is 12.4. The summed E-state index contributed by atoms with van der Waals surface area (Å²) in [6.07, 6.45) is 2.45. The van der Waals surface area contributed by atoms with Gasteiger partial charge in [0.25, 0.3) is 11.8 Å². The number of carbonyl (C=O) groups excluding carboxylic acids is 2. The van der Waals surface area contributed by atoms with E-state index < -0.39 is 22.5 Å². The second-order valence-corrected chi connectivity index (χ2v) is 10.5. The fourth-order valence-electron chi connectivity index (χ4n) is 3.17. The Labute approximate surface area is 221 Å². The molecule has 3 aromatic rings. The van der Waals surface area contributed by atoms with Crippen LogP contribution in [0.15, 0.2) is 71.8 Å². The van der Waals surface area contributed by atoms with Gasteiger partial charge in [-0.25, -0.2) is 13.8 Å². The van der Waals surface area contributed by atoms with Crippen molar-refractivity contribution in [3.8, 4) is 5.75 Å². The number of rotatable bonds is 10. The molecule has 0 aromatic heterocycles. The first kappa shape index (κ1) is 27.7. The average molecular weight is 543 g/mol. The molecule has 0 aliphatic rings. The third kappa shape index (κ3) is 8.33. The van der Waals surface area contributed by atoms with E-state index >= 15 is 0 Å². The number of hydrazone groups is 1. The van der Waals surface area contributed by atoms with Crippen molar-refractivity contribution < 1.29 is 22.7 Å². The molecule has 11 heteroatoms. The summed E-state index contributed by atoms with van der Waals surface area (Å²) in [5.41, 5.74) is 5.83. The van der Waals surface area contributed by atoms with Gasteiger partial charge in [-0.15, -0.1) is 0 Å². The van der Waals surface area contributed by atoms with E-state index in [-0.39, 0.29) is 12.5 Å². The zero-order valence-corrected chi connectivity index (χ0v) is 22.1. The Balaban J connectivity index is 1.51. The Bertz CT molecular complexity index is 1410. The topological polar surface area (TPSA) is 117 Å². The highest BCUT2D eigenvalue weighted by Crippen LogP contribution is 2.22. The van der Waals surface area contributed by atoms with Crippen LogP contribution in [0.1, 0.15) is 16.7 Å². The quantitative estimate of drug-likeness (QED) is 0.298. The lowest BCUT2D eigenvalue weighted by atomic mass is 10.1. The first-order valence-electron chi connectivity index (χ1n) is 11.2. The van der Waals surface area contributed by atoms with Gasteiger partial charge in [0, 0.05) is 0 Å². The van der Waals surface area contributed by atoms with Crippen LogP contribution in [0, 0.1) is 13.8 Å². The van der Waals surface area contributed by atoms with Crippen LogP contribution in [0.5, 0.6) is 5.75 Å². The molecule has 0 spiro atoms. The van der Waals surface area contributed by atoms with Gasteiger partial charge in [0.05, 0.1) is 28.9 Å². The molecule has 9 nitrogen and oxygen atoms in total. The second kappa shape index (κ2) is 12.4. The van der Waals surface area contributed by atoms with Gasteiger partial charge < -0.3 is 10.1 Å². The summed E-state index contributed by atoms with van der Waals surface area (Å²) in [7, 11) is -3.68. The van der Waals surface area contributed by atoms with Gasteiger partial charge >= 0.3 is 0 Å². The van der Waals surface area contributed by atoms with Crippen LogP contribution < -0.4 is 19.8 Å². The monoisotopic (exact) mass is 542 g/mol. The minimum atomic E-state index is -3.68. The van der Waals surface area contributed by atoms with Crippen LogP contribution in [0.3, 0.4) is 0 Å². The van der Waals surface area contributed by atoms with Crippen molar-refractivity contribution in [2.75, 3.05) is 29.0 Å². The number of ether oxygens (including phenoxy) is 1. The summed E-state index contributed by atoms with van der Waals surface area (Å²) in [6.45, 7) is 3.17. The molecular formula is C26H27ClN4O5S. The molecule has 0 saturated heterocycles. The van der Waals surface area contributed by atoms with Gasteiger partial charge in [-0.3, -0.25) is 13.9 Å². The highest BCUT2D eigenvalue weighted by Gasteiger charge is 2.21. The molecule has 0 saturated carbocycles. The smallest absolute Gasteiger partial charge is 0.262 e. The molecule has 0 aliphatic heterocycles. The van der Waals surface area contributed by atoms with Crippen molar-refractivity contribution in [3.05, 3.63) is 88.4 Å². The van der Waals surface area contributed by atoms with E-state index in [9.17, 15) is 18.0 Å². The van der Waals surface area contributed by atoms with Crippen LogP contribution in [0.2, 0.25) is 5.02 Å². The van der Waals surface area contributed by atoms with E-state index in [1.807, 2.05) is 13.8 Å². The van der Waals surface area contributed by atoms with Gasteiger partial charge in [-0.05, 0) is 79.1 Å². The Morgan fingerprint density at radius 1 is 1.00 bits per heavy atom. The summed E-state index contributed by atoms with van der Waals surface area (Å²) < 4.78 is 31.0. The average Bonchev–Trinajstić information content (AvgIpc) is 2.84. The van der Waals surface area contributed by atoms with Crippen molar-refractivity contribution >= 4 is 51.0 Å². The van der Waals surface area contributed by atoms with Gasteiger partial charge in [0.1, 0.15) is 12.3 Å². The third-order valence-corrected chi connectivity index (χ3v) is 6.74. The molecule has 37 heavy (non-hydrogen) atoms. The number of aryl methyl sites for hydroxylation is 2. The number of nitrogens with one attached hydrogen (secondary N) is 2. The molecule has 2 amide bonds. The van der Waals surface area contributed by atoms with Gasteiger partial charge in [-0.2, -0.15) is 5.10 Å². The maximum Gasteiger partial charge on any atom is 0.262 e. The Kier molecular flexibility index (Phi) is 9.26. The number of benzene rings is 3. The summed E-state index contributed by atoms with van der Waals surface area (Å²) in [5, 5.41) is 7.00.